The van der Waals surface area contributed by atoms with Crippen molar-refractivity contribution in [1.29, 1.82) is 0 Å². The zero-order valence-corrected chi connectivity index (χ0v) is 10.6. The Morgan fingerprint density at radius 1 is 1.22 bits per heavy atom. The van der Waals surface area contributed by atoms with Gasteiger partial charge in [-0.1, -0.05) is 18.2 Å². The first-order chi connectivity index (χ1) is 8.49. The molecule has 1 aromatic carbocycles. The Balaban J connectivity index is 2.05. The quantitative estimate of drug-likeness (QED) is 0.860. The van der Waals surface area contributed by atoms with Gasteiger partial charge in [0.1, 0.15) is 0 Å². The molecule has 0 amide bonds. The van der Waals surface area contributed by atoms with Crippen LogP contribution in [0.5, 0.6) is 0 Å². The second-order valence-corrected chi connectivity index (χ2v) is 6.19. The van der Waals surface area contributed by atoms with E-state index in [1.54, 1.807) is 18.2 Å². The van der Waals surface area contributed by atoms with E-state index in [1.165, 1.54) is 12.1 Å². The van der Waals surface area contributed by atoms with E-state index in [0.29, 0.717) is 19.3 Å². The summed E-state index contributed by atoms with van der Waals surface area (Å²) in [6, 6.07) is 7.82. The van der Waals surface area contributed by atoms with Crippen LogP contribution < -0.4 is 4.72 Å². The molecule has 0 heterocycles. The van der Waals surface area contributed by atoms with Crippen molar-refractivity contribution < 1.29 is 18.3 Å². The Morgan fingerprint density at radius 2 is 1.89 bits per heavy atom. The van der Waals surface area contributed by atoms with Crippen LogP contribution in [0.3, 0.4) is 0 Å². The number of carbonyl (C=O) groups is 1. The number of aliphatic carboxylic acids is 1. The van der Waals surface area contributed by atoms with Crippen LogP contribution in [-0.4, -0.2) is 25.5 Å². The molecule has 1 aliphatic rings. The summed E-state index contributed by atoms with van der Waals surface area (Å²) in [6.07, 6.45) is 1.46. The van der Waals surface area contributed by atoms with Gasteiger partial charge in [-0.05, 0) is 31.4 Å². The zero-order chi connectivity index (χ0) is 13.2. The number of hydrogen-bond donors (Lipinski definition) is 2. The van der Waals surface area contributed by atoms with Crippen molar-refractivity contribution in [3.63, 3.8) is 0 Å². The van der Waals surface area contributed by atoms with Crippen molar-refractivity contribution >= 4 is 16.0 Å². The van der Waals surface area contributed by atoms with Crippen LogP contribution in [0.15, 0.2) is 35.2 Å². The zero-order valence-electron chi connectivity index (χ0n) is 9.74. The van der Waals surface area contributed by atoms with Crippen LogP contribution in [-0.2, 0) is 14.8 Å². The van der Waals surface area contributed by atoms with Crippen molar-refractivity contribution in [3.8, 4) is 0 Å². The highest BCUT2D eigenvalue weighted by Crippen LogP contribution is 2.26. The molecule has 2 unspecified atom stereocenters. The minimum atomic E-state index is -3.54. The molecule has 1 aliphatic carbocycles. The lowest BCUT2D eigenvalue weighted by Crippen LogP contribution is -2.33. The number of benzene rings is 1. The van der Waals surface area contributed by atoms with E-state index in [9.17, 15) is 13.2 Å². The van der Waals surface area contributed by atoms with E-state index in [-0.39, 0.29) is 10.9 Å². The predicted molar refractivity (Wildman–Crippen MR) is 65.5 cm³/mol. The van der Waals surface area contributed by atoms with Gasteiger partial charge in [0.25, 0.3) is 0 Å². The van der Waals surface area contributed by atoms with Gasteiger partial charge in [-0.25, -0.2) is 13.1 Å². The maximum absolute atomic E-state index is 12.0. The monoisotopic (exact) mass is 269 g/mol. The third-order valence-electron chi connectivity index (χ3n) is 3.16. The molecular weight excluding hydrogens is 254 g/mol. The molecule has 18 heavy (non-hydrogen) atoms. The van der Waals surface area contributed by atoms with E-state index in [4.69, 9.17) is 5.11 Å². The lowest BCUT2D eigenvalue weighted by Gasteiger charge is -2.12. The van der Waals surface area contributed by atoms with E-state index < -0.39 is 21.9 Å². The molecule has 2 atom stereocenters. The Bertz CT molecular complexity index is 526. The third kappa shape index (κ3) is 2.88. The molecule has 6 heteroatoms. The summed E-state index contributed by atoms with van der Waals surface area (Å²) in [4.78, 5) is 11.0. The molecule has 0 aromatic heterocycles. The number of carboxylic acids is 1. The maximum atomic E-state index is 12.0. The molecule has 2 rings (SSSR count). The third-order valence-corrected chi connectivity index (χ3v) is 4.69. The molecule has 1 aromatic rings. The Kier molecular flexibility index (Phi) is 3.68. The van der Waals surface area contributed by atoms with Gasteiger partial charge in [-0.2, -0.15) is 0 Å². The fraction of sp³-hybridized carbons (Fsp3) is 0.417. The topological polar surface area (TPSA) is 83.5 Å². The van der Waals surface area contributed by atoms with Gasteiger partial charge in [-0.3, -0.25) is 4.79 Å². The summed E-state index contributed by atoms with van der Waals surface area (Å²) in [5, 5.41) is 8.87. The van der Waals surface area contributed by atoms with Gasteiger partial charge >= 0.3 is 5.97 Å². The molecule has 5 nitrogen and oxygen atoms in total. The second-order valence-electron chi connectivity index (χ2n) is 4.48. The molecule has 98 valence electrons. The van der Waals surface area contributed by atoms with Crippen LogP contribution in [0.1, 0.15) is 19.3 Å². The second kappa shape index (κ2) is 5.07. The summed E-state index contributed by atoms with van der Waals surface area (Å²) in [5.74, 6) is -1.29. The Hall–Kier alpha value is -1.40. The Labute approximate surface area is 106 Å². The lowest BCUT2D eigenvalue weighted by atomic mass is 10.1. The fourth-order valence-corrected chi connectivity index (χ4v) is 3.50. The van der Waals surface area contributed by atoms with Gasteiger partial charge in [-0.15, -0.1) is 0 Å². The summed E-state index contributed by atoms with van der Waals surface area (Å²) in [5.41, 5.74) is 0. The van der Waals surface area contributed by atoms with Gasteiger partial charge in [0, 0.05) is 6.04 Å². The molecule has 0 spiro atoms. The predicted octanol–water partition coefficient (Wildman–Crippen LogP) is 1.22. The van der Waals surface area contributed by atoms with Crippen LogP contribution in [0.4, 0.5) is 0 Å². The van der Waals surface area contributed by atoms with Crippen LogP contribution in [0, 0.1) is 5.92 Å². The molecule has 0 aliphatic heterocycles. The van der Waals surface area contributed by atoms with Crippen molar-refractivity contribution in [3.05, 3.63) is 30.3 Å². The van der Waals surface area contributed by atoms with Gasteiger partial charge in [0.05, 0.1) is 10.8 Å². The van der Waals surface area contributed by atoms with Crippen LogP contribution >= 0.6 is 0 Å². The number of nitrogens with one attached hydrogen (secondary N) is 1. The molecule has 0 radical (unpaired) electrons. The van der Waals surface area contributed by atoms with Crippen molar-refractivity contribution in [2.75, 3.05) is 0 Å². The first kappa shape index (κ1) is 13.0. The van der Waals surface area contributed by atoms with E-state index in [0.717, 1.165) is 0 Å². The van der Waals surface area contributed by atoms with Crippen molar-refractivity contribution in [1.82, 2.24) is 4.72 Å². The standard InChI is InChI=1S/C12H15NO4S/c14-12(15)9-6-7-10(8-9)13-18(16,17)11-4-2-1-3-5-11/h1-5,9-10,13H,6-8H2,(H,14,15). The largest absolute Gasteiger partial charge is 0.481 e. The summed E-state index contributed by atoms with van der Waals surface area (Å²) < 4.78 is 26.6. The molecule has 1 fully saturated rings. The highest BCUT2D eigenvalue weighted by Gasteiger charge is 2.32. The summed E-state index contributed by atoms with van der Waals surface area (Å²) in [6.45, 7) is 0. The minimum absolute atomic E-state index is 0.212. The highest BCUT2D eigenvalue weighted by atomic mass is 32.2. The van der Waals surface area contributed by atoms with E-state index in [1.807, 2.05) is 0 Å². The van der Waals surface area contributed by atoms with E-state index >= 15 is 0 Å². The Morgan fingerprint density at radius 3 is 2.44 bits per heavy atom. The molecule has 1 saturated carbocycles. The number of carboxylic acid groups (broad SMARTS) is 1. The van der Waals surface area contributed by atoms with Gasteiger partial charge in [0.15, 0.2) is 0 Å². The number of hydrogen-bond acceptors (Lipinski definition) is 3. The maximum Gasteiger partial charge on any atom is 0.306 e. The number of sulfonamides is 1. The molecule has 0 bridgehead atoms. The van der Waals surface area contributed by atoms with Crippen molar-refractivity contribution in [2.45, 2.75) is 30.2 Å². The highest BCUT2D eigenvalue weighted by molar-refractivity contribution is 7.89. The normalized spacial score (nSPS) is 24.0. The summed E-state index contributed by atoms with van der Waals surface area (Å²) >= 11 is 0. The SMILES string of the molecule is O=C(O)C1CCC(NS(=O)(=O)c2ccccc2)C1. The smallest absolute Gasteiger partial charge is 0.306 e. The summed E-state index contributed by atoms with van der Waals surface area (Å²) in [7, 11) is -3.54. The van der Waals surface area contributed by atoms with Crippen LogP contribution in [0.2, 0.25) is 0 Å². The molecule has 2 N–H and O–H groups in total. The number of rotatable bonds is 4. The first-order valence-corrected chi connectivity index (χ1v) is 7.27. The van der Waals surface area contributed by atoms with Crippen LogP contribution in [0.25, 0.3) is 0 Å². The average molecular weight is 269 g/mol. The van der Waals surface area contributed by atoms with Gasteiger partial charge < -0.3 is 5.11 Å². The lowest BCUT2D eigenvalue weighted by molar-refractivity contribution is -0.141. The minimum Gasteiger partial charge on any atom is -0.481 e. The van der Waals surface area contributed by atoms with E-state index in [2.05, 4.69) is 4.72 Å². The first-order valence-electron chi connectivity index (χ1n) is 5.79. The molecule has 0 saturated heterocycles. The fourth-order valence-electron chi connectivity index (χ4n) is 2.20. The van der Waals surface area contributed by atoms with Crippen molar-refractivity contribution in [2.24, 2.45) is 5.92 Å². The average Bonchev–Trinajstić information content (AvgIpc) is 2.78. The van der Waals surface area contributed by atoms with Gasteiger partial charge in [0.2, 0.25) is 10.0 Å². The molecular formula is C12H15NO4S.